The zero-order valence-electron chi connectivity index (χ0n) is 1.77. The Morgan fingerprint density at radius 3 is 2.25 bits per heavy atom. The van der Waals surface area contributed by atoms with Crippen molar-refractivity contribution in [3.8, 4) is 0 Å². The summed E-state index contributed by atoms with van der Waals surface area (Å²) in [5.41, 5.74) is 0.974. The molecular weight excluding hydrogens is 95.5 g/mol. The SMILES string of the molecule is S=COCl. The molecule has 3 heteroatoms. The number of hydrogen-bond donors (Lipinski definition) is 0. The Kier molecular flexibility index (Phi) is 3.32. The molecule has 0 N–H and O–H groups in total. The zero-order valence-corrected chi connectivity index (χ0v) is 3.34. The Morgan fingerprint density at radius 2 is 2.25 bits per heavy atom. The molecule has 0 saturated carbocycles. The summed E-state index contributed by atoms with van der Waals surface area (Å²) in [6.07, 6.45) is 0. The largest absolute Gasteiger partial charge is 0.382 e. The Hall–Kier alpha value is 0.180. The van der Waals surface area contributed by atoms with Gasteiger partial charge in [-0.1, -0.05) is 0 Å². The third kappa shape index (κ3) is 2.18. The fourth-order valence-corrected chi connectivity index (χ4v) is 0. The van der Waals surface area contributed by atoms with Crippen molar-refractivity contribution in [1.29, 1.82) is 0 Å². The van der Waals surface area contributed by atoms with E-state index in [1.54, 1.807) is 0 Å². The predicted molar refractivity (Wildman–Crippen MR) is 20.6 cm³/mol. The predicted octanol–water partition coefficient (Wildman–Crippen LogP) is 1.11. The molecule has 1 nitrogen and oxygen atoms in total. The first-order valence-electron chi connectivity index (χ1n) is 0.626. The molecule has 4 heavy (non-hydrogen) atoms. The minimum Gasteiger partial charge on any atom is -0.382 e. The van der Waals surface area contributed by atoms with Crippen LogP contribution in [0.1, 0.15) is 0 Å². The molecule has 0 aliphatic rings. The summed E-state index contributed by atoms with van der Waals surface area (Å²) in [4.78, 5) is 0. The number of hydrogen-bond acceptors (Lipinski definition) is 2. The summed E-state index contributed by atoms with van der Waals surface area (Å²) in [7, 11) is 0. The zero-order chi connectivity index (χ0) is 3.41. The average molecular weight is 96.5 g/mol. The van der Waals surface area contributed by atoms with E-state index in [-0.39, 0.29) is 0 Å². The normalized spacial score (nSPS) is 5.25. The lowest BCUT2D eigenvalue weighted by Gasteiger charge is -1.62. The van der Waals surface area contributed by atoms with Crippen molar-refractivity contribution in [1.82, 2.24) is 0 Å². The molecule has 0 aromatic carbocycles. The molecular formula is CHClOS. The highest BCUT2D eigenvalue weighted by atomic mass is 35.5. The van der Waals surface area contributed by atoms with E-state index in [0.29, 0.717) is 0 Å². The summed E-state index contributed by atoms with van der Waals surface area (Å²) < 4.78 is 3.70. The molecule has 0 rings (SSSR count). The van der Waals surface area contributed by atoms with Crippen molar-refractivity contribution < 1.29 is 4.29 Å². The monoisotopic (exact) mass is 95.9 g/mol. The average Bonchev–Trinajstić information content (AvgIpc) is 1.37. The molecule has 0 fully saturated rings. The van der Waals surface area contributed by atoms with E-state index in [1.165, 1.54) is 0 Å². The van der Waals surface area contributed by atoms with Gasteiger partial charge < -0.3 is 4.29 Å². The number of thiocarbonyl (C=S) groups is 1. The van der Waals surface area contributed by atoms with Crippen molar-refractivity contribution in [3.63, 3.8) is 0 Å². The molecule has 0 unspecified atom stereocenters. The summed E-state index contributed by atoms with van der Waals surface area (Å²) in [5, 5.41) is 0. The number of rotatable bonds is 1. The second-order valence-electron chi connectivity index (χ2n) is 0.185. The second kappa shape index (κ2) is 3.18. The van der Waals surface area contributed by atoms with Crippen LogP contribution in [0.25, 0.3) is 0 Å². The van der Waals surface area contributed by atoms with Crippen molar-refractivity contribution in [2.24, 2.45) is 0 Å². The summed E-state index contributed by atoms with van der Waals surface area (Å²) in [6, 6.07) is 0. The molecule has 0 aliphatic heterocycles. The minimum atomic E-state index is 0.974. The fourth-order valence-electron chi connectivity index (χ4n) is 0. The van der Waals surface area contributed by atoms with Gasteiger partial charge in [0.1, 0.15) is 11.9 Å². The van der Waals surface area contributed by atoms with E-state index in [1.807, 2.05) is 0 Å². The molecule has 0 aromatic rings. The topological polar surface area (TPSA) is 9.23 Å². The molecule has 0 saturated heterocycles. The minimum absolute atomic E-state index is 0.974. The smallest absolute Gasteiger partial charge is 0.173 e. The Labute approximate surface area is 34.7 Å². The van der Waals surface area contributed by atoms with E-state index < -0.39 is 0 Å². The first-order chi connectivity index (χ1) is 1.91. The van der Waals surface area contributed by atoms with Gasteiger partial charge in [-0.3, -0.25) is 0 Å². The van der Waals surface area contributed by atoms with Gasteiger partial charge in [-0.2, -0.15) is 0 Å². The van der Waals surface area contributed by atoms with Gasteiger partial charge in [0.15, 0.2) is 5.55 Å². The van der Waals surface area contributed by atoms with Crippen LogP contribution < -0.4 is 0 Å². The second-order valence-corrected chi connectivity index (χ2v) is 0.556. The van der Waals surface area contributed by atoms with Gasteiger partial charge in [-0.05, 0) is 12.2 Å². The molecule has 0 amide bonds. The van der Waals surface area contributed by atoms with Crippen LogP contribution in [0.15, 0.2) is 0 Å². The molecule has 0 heterocycles. The van der Waals surface area contributed by atoms with E-state index in [2.05, 4.69) is 28.4 Å². The van der Waals surface area contributed by atoms with Gasteiger partial charge in [-0.25, -0.2) is 0 Å². The van der Waals surface area contributed by atoms with Crippen molar-refractivity contribution in [2.75, 3.05) is 0 Å². The number of halogens is 1. The molecule has 24 valence electrons. The van der Waals surface area contributed by atoms with Crippen LogP contribution in [-0.4, -0.2) is 5.55 Å². The van der Waals surface area contributed by atoms with Crippen molar-refractivity contribution in [2.45, 2.75) is 0 Å². The van der Waals surface area contributed by atoms with Crippen LogP contribution in [0.4, 0.5) is 0 Å². The molecule has 0 bridgehead atoms. The summed E-state index contributed by atoms with van der Waals surface area (Å²) >= 11 is 8.60. The maximum atomic E-state index is 4.53. The maximum Gasteiger partial charge on any atom is 0.173 e. The first-order valence-corrected chi connectivity index (χ1v) is 1.41. The van der Waals surface area contributed by atoms with Gasteiger partial charge >= 0.3 is 0 Å². The van der Waals surface area contributed by atoms with E-state index >= 15 is 0 Å². The van der Waals surface area contributed by atoms with Gasteiger partial charge in [0.25, 0.3) is 0 Å². The van der Waals surface area contributed by atoms with Gasteiger partial charge in [0, 0.05) is 0 Å². The van der Waals surface area contributed by atoms with Crippen molar-refractivity contribution in [3.05, 3.63) is 0 Å². The van der Waals surface area contributed by atoms with E-state index in [0.717, 1.165) is 5.55 Å². The highest BCUT2D eigenvalue weighted by molar-refractivity contribution is 7.78. The standard InChI is InChI=1S/CHClOS/c2-3-1-4/h1H. The third-order valence-electron chi connectivity index (χ3n) is 0.0364. The van der Waals surface area contributed by atoms with Crippen molar-refractivity contribution >= 4 is 29.6 Å². The van der Waals surface area contributed by atoms with Crippen LogP contribution >= 0.6 is 24.1 Å². The highest BCUT2D eigenvalue weighted by Crippen LogP contribution is 1.66. The molecule has 0 aliphatic carbocycles. The first kappa shape index (κ1) is 4.18. The third-order valence-corrected chi connectivity index (χ3v) is 0.327. The molecule has 0 spiro atoms. The van der Waals surface area contributed by atoms with Gasteiger partial charge in [0.2, 0.25) is 0 Å². The van der Waals surface area contributed by atoms with Crippen LogP contribution in [0, 0.1) is 0 Å². The van der Waals surface area contributed by atoms with E-state index in [4.69, 9.17) is 0 Å². The fraction of sp³-hybridized carbons (Fsp3) is 0. The van der Waals surface area contributed by atoms with E-state index in [9.17, 15) is 0 Å². The quantitative estimate of drug-likeness (QED) is 0.453. The van der Waals surface area contributed by atoms with Crippen LogP contribution in [0.5, 0.6) is 0 Å². The summed E-state index contributed by atoms with van der Waals surface area (Å²) in [5.74, 6) is 0. The maximum absolute atomic E-state index is 4.53. The van der Waals surface area contributed by atoms with Gasteiger partial charge in [-0.15, -0.1) is 0 Å². The Balaban J connectivity index is 2.30. The van der Waals surface area contributed by atoms with Crippen LogP contribution in [0.2, 0.25) is 0 Å². The molecule has 0 radical (unpaired) electrons. The molecule has 0 atom stereocenters. The Morgan fingerprint density at radius 1 is 2.00 bits per heavy atom. The highest BCUT2D eigenvalue weighted by Gasteiger charge is 1.45. The molecule has 0 aromatic heterocycles. The van der Waals surface area contributed by atoms with Gasteiger partial charge in [0.05, 0.1) is 0 Å². The Bertz CT molecular complexity index is 22.0. The van der Waals surface area contributed by atoms with Crippen LogP contribution in [-0.2, 0) is 4.29 Å². The van der Waals surface area contributed by atoms with Crippen LogP contribution in [0.3, 0.4) is 0 Å². The lowest BCUT2D eigenvalue weighted by molar-refractivity contribution is 0.659. The lowest BCUT2D eigenvalue weighted by Crippen LogP contribution is -1.52. The summed E-state index contributed by atoms with van der Waals surface area (Å²) in [6.45, 7) is 0. The lowest BCUT2D eigenvalue weighted by atomic mass is 11.7.